The van der Waals surface area contributed by atoms with Gasteiger partial charge in [-0.1, -0.05) is 0 Å². The Morgan fingerprint density at radius 3 is 2.21 bits per heavy atom. The smallest absolute Gasteiger partial charge is 0.407 e. The minimum absolute atomic E-state index is 0.317. The van der Waals surface area contributed by atoms with Gasteiger partial charge in [-0.15, -0.1) is 0 Å². The van der Waals surface area contributed by atoms with Crippen molar-refractivity contribution in [2.75, 3.05) is 0 Å². The van der Waals surface area contributed by atoms with Crippen molar-refractivity contribution < 1.29 is 24.2 Å². The van der Waals surface area contributed by atoms with Crippen LogP contribution >= 0.6 is 0 Å². The normalized spacial score (nSPS) is 15.8. The average molecular weight is 274 g/mol. The van der Waals surface area contributed by atoms with Crippen LogP contribution in [0.5, 0.6) is 0 Å². The number of aliphatic carboxylic acids is 1. The average Bonchev–Trinajstić information content (AvgIpc) is 2.12. The molecule has 0 aliphatic rings. The number of hydrogen-bond acceptors (Lipinski definition) is 4. The van der Waals surface area contributed by atoms with Gasteiger partial charge in [0, 0.05) is 0 Å². The molecule has 0 saturated carbocycles. The third-order valence-corrected chi connectivity index (χ3v) is 2.60. The lowest BCUT2D eigenvalue weighted by Gasteiger charge is -2.34. The summed E-state index contributed by atoms with van der Waals surface area (Å²) in [6.45, 7) is 8.30. The van der Waals surface area contributed by atoms with Crippen LogP contribution in [0.3, 0.4) is 0 Å². The fraction of sp³-hybridized carbons (Fsp3) is 0.750. The van der Waals surface area contributed by atoms with E-state index in [0.717, 1.165) is 0 Å². The van der Waals surface area contributed by atoms with Crippen molar-refractivity contribution in [3.8, 4) is 0 Å². The fourth-order valence-corrected chi connectivity index (χ4v) is 1.42. The fourth-order valence-electron chi connectivity index (χ4n) is 1.42. The Bertz CT molecular complexity index is 351. The summed E-state index contributed by atoms with van der Waals surface area (Å²) in [7, 11) is 0. The zero-order valence-electron chi connectivity index (χ0n) is 11.9. The molecule has 0 bridgehead atoms. The molecule has 2 atom stereocenters. The quantitative estimate of drug-likeness (QED) is 0.624. The molecule has 0 aromatic rings. The summed E-state index contributed by atoms with van der Waals surface area (Å²) in [5.74, 6) is -1.07. The van der Waals surface area contributed by atoms with E-state index in [0.29, 0.717) is 6.41 Å². The minimum Gasteiger partial charge on any atom is -0.481 e. The van der Waals surface area contributed by atoms with Crippen molar-refractivity contribution in [1.29, 1.82) is 0 Å². The van der Waals surface area contributed by atoms with Gasteiger partial charge in [0.25, 0.3) is 0 Å². The highest BCUT2D eigenvalue weighted by Crippen LogP contribution is 2.16. The van der Waals surface area contributed by atoms with Crippen LogP contribution in [0, 0.1) is 0 Å². The van der Waals surface area contributed by atoms with Gasteiger partial charge in [-0.25, -0.2) is 4.79 Å². The molecule has 7 heteroatoms. The predicted octanol–water partition coefficient (Wildman–Crippen LogP) is 0.879. The molecule has 7 nitrogen and oxygen atoms in total. The van der Waals surface area contributed by atoms with Crippen molar-refractivity contribution in [2.45, 2.75) is 58.2 Å². The van der Waals surface area contributed by atoms with Crippen molar-refractivity contribution in [3.63, 3.8) is 0 Å². The monoisotopic (exact) mass is 274 g/mol. The number of hydrogen-bond donors (Lipinski definition) is 3. The van der Waals surface area contributed by atoms with E-state index in [-0.39, 0.29) is 6.42 Å². The summed E-state index contributed by atoms with van der Waals surface area (Å²) in [5.41, 5.74) is -1.74. The van der Waals surface area contributed by atoms with Gasteiger partial charge in [0.05, 0.1) is 18.0 Å². The maximum atomic E-state index is 11.6. The first-order valence-corrected chi connectivity index (χ1v) is 5.93. The Kier molecular flexibility index (Phi) is 5.80. The lowest BCUT2D eigenvalue weighted by Crippen LogP contribution is -2.58. The van der Waals surface area contributed by atoms with E-state index in [2.05, 4.69) is 10.6 Å². The molecule has 0 fully saturated rings. The number of alkyl carbamates (subject to hydrolysis) is 1. The number of carboxylic acids is 1. The van der Waals surface area contributed by atoms with E-state index >= 15 is 0 Å². The number of carboxylic acid groups (broad SMARTS) is 1. The topological polar surface area (TPSA) is 105 Å². The number of ether oxygens (including phenoxy) is 1. The molecule has 0 heterocycles. The summed E-state index contributed by atoms with van der Waals surface area (Å²) in [5, 5.41) is 13.8. The molecular weight excluding hydrogens is 252 g/mol. The van der Waals surface area contributed by atoms with Crippen LogP contribution in [0.2, 0.25) is 0 Å². The van der Waals surface area contributed by atoms with E-state index in [1.807, 2.05) is 0 Å². The molecular formula is C12H22N2O5. The Balaban J connectivity index is 4.73. The molecule has 0 aromatic heterocycles. The Morgan fingerprint density at radius 1 is 1.32 bits per heavy atom. The first kappa shape index (κ1) is 17.2. The molecule has 2 unspecified atom stereocenters. The van der Waals surface area contributed by atoms with Crippen LogP contribution in [-0.2, 0) is 14.3 Å². The van der Waals surface area contributed by atoms with Gasteiger partial charge in [0.1, 0.15) is 5.60 Å². The van der Waals surface area contributed by atoms with Gasteiger partial charge in [0.2, 0.25) is 6.41 Å². The van der Waals surface area contributed by atoms with Crippen LogP contribution in [0.1, 0.15) is 41.0 Å². The molecule has 0 aliphatic carbocycles. The van der Waals surface area contributed by atoms with Crippen LogP contribution in [0.15, 0.2) is 0 Å². The second kappa shape index (κ2) is 6.40. The highest BCUT2D eigenvalue weighted by atomic mass is 16.6. The predicted molar refractivity (Wildman–Crippen MR) is 68.7 cm³/mol. The van der Waals surface area contributed by atoms with E-state index in [1.165, 1.54) is 6.92 Å². The highest BCUT2D eigenvalue weighted by molar-refractivity contribution is 5.71. The van der Waals surface area contributed by atoms with E-state index in [1.54, 1.807) is 27.7 Å². The molecule has 110 valence electrons. The Labute approximate surface area is 112 Å². The molecule has 0 aliphatic heterocycles. The van der Waals surface area contributed by atoms with E-state index in [4.69, 9.17) is 9.84 Å². The van der Waals surface area contributed by atoms with Crippen molar-refractivity contribution in [1.82, 2.24) is 10.6 Å². The van der Waals surface area contributed by atoms with Crippen LogP contribution in [0.25, 0.3) is 0 Å². The van der Waals surface area contributed by atoms with Gasteiger partial charge < -0.3 is 20.5 Å². The minimum atomic E-state index is -1.09. The maximum Gasteiger partial charge on any atom is 0.407 e. The van der Waals surface area contributed by atoms with Crippen molar-refractivity contribution >= 4 is 18.5 Å². The first-order chi connectivity index (χ1) is 8.50. The Morgan fingerprint density at radius 2 is 1.84 bits per heavy atom. The second-order valence-electron chi connectivity index (χ2n) is 5.62. The summed E-state index contributed by atoms with van der Waals surface area (Å²) >= 11 is 0. The standard InChI is InChI=1S/C12H22N2O5/c1-8(14-10(18)19-11(2,3)4)12(5,13-7-15)6-9(16)17/h7-8H,6H2,1-5H3,(H,13,15)(H,14,18)(H,16,17). The molecule has 0 radical (unpaired) electrons. The number of carbonyl (C=O) groups excluding carboxylic acids is 2. The van der Waals surface area contributed by atoms with E-state index < -0.39 is 29.2 Å². The zero-order valence-corrected chi connectivity index (χ0v) is 11.9. The highest BCUT2D eigenvalue weighted by Gasteiger charge is 2.35. The number of rotatable bonds is 6. The first-order valence-electron chi connectivity index (χ1n) is 5.93. The zero-order chi connectivity index (χ0) is 15.3. The van der Waals surface area contributed by atoms with Gasteiger partial charge in [-0.2, -0.15) is 0 Å². The van der Waals surface area contributed by atoms with Crippen molar-refractivity contribution in [2.24, 2.45) is 0 Å². The lowest BCUT2D eigenvalue weighted by atomic mass is 9.90. The van der Waals surface area contributed by atoms with Crippen molar-refractivity contribution in [3.05, 3.63) is 0 Å². The SMILES string of the molecule is CC(NC(=O)OC(C)(C)C)C(C)(CC(=O)O)NC=O. The third kappa shape index (κ3) is 6.64. The summed E-state index contributed by atoms with van der Waals surface area (Å²) in [6.07, 6.45) is -0.567. The Hall–Kier alpha value is -1.79. The number of carbonyl (C=O) groups is 3. The van der Waals surface area contributed by atoms with Crippen LogP contribution in [-0.4, -0.2) is 40.8 Å². The lowest BCUT2D eigenvalue weighted by molar-refractivity contribution is -0.139. The summed E-state index contributed by atoms with van der Waals surface area (Å²) < 4.78 is 5.07. The van der Waals surface area contributed by atoms with Gasteiger partial charge in [-0.05, 0) is 34.6 Å². The second-order valence-corrected chi connectivity index (χ2v) is 5.62. The van der Waals surface area contributed by atoms with Gasteiger partial charge >= 0.3 is 12.1 Å². The largest absolute Gasteiger partial charge is 0.481 e. The summed E-state index contributed by atoms with van der Waals surface area (Å²) in [4.78, 5) is 33.0. The van der Waals surface area contributed by atoms with Crippen LogP contribution < -0.4 is 10.6 Å². The summed E-state index contributed by atoms with van der Waals surface area (Å²) in [6, 6.07) is -0.608. The molecule has 3 N–H and O–H groups in total. The van der Waals surface area contributed by atoms with Gasteiger partial charge in [0.15, 0.2) is 0 Å². The molecule has 0 spiro atoms. The number of nitrogens with one attached hydrogen (secondary N) is 2. The van der Waals surface area contributed by atoms with Crippen LogP contribution in [0.4, 0.5) is 4.79 Å². The number of amides is 2. The molecule has 0 rings (SSSR count). The molecule has 19 heavy (non-hydrogen) atoms. The molecule has 2 amide bonds. The molecule has 0 saturated heterocycles. The van der Waals surface area contributed by atoms with E-state index in [9.17, 15) is 14.4 Å². The maximum absolute atomic E-state index is 11.6. The van der Waals surface area contributed by atoms with Gasteiger partial charge in [-0.3, -0.25) is 9.59 Å². The molecule has 0 aromatic carbocycles. The third-order valence-electron chi connectivity index (χ3n) is 2.60.